The van der Waals surface area contributed by atoms with Gasteiger partial charge in [0.1, 0.15) is 23.2 Å². The van der Waals surface area contributed by atoms with Crippen molar-refractivity contribution in [3.8, 4) is 11.5 Å². The van der Waals surface area contributed by atoms with Crippen molar-refractivity contribution in [1.82, 2.24) is 21.1 Å². The van der Waals surface area contributed by atoms with Gasteiger partial charge in [0.15, 0.2) is 0 Å². The predicted molar refractivity (Wildman–Crippen MR) is 114 cm³/mol. The monoisotopic (exact) mass is 414 g/mol. The lowest BCUT2D eigenvalue weighted by Gasteiger charge is -2.37. The Morgan fingerprint density at radius 3 is 2.45 bits per heavy atom. The Balaban J connectivity index is 1.45. The molecule has 3 unspecified atom stereocenters. The Morgan fingerprint density at radius 2 is 1.79 bits per heavy atom. The van der Waals surface area contributed by atoms with Gasteiger partial charge in [-0.2, -0.15) is 0 Å². The zero-order valence-electron chi connectivity index (χ0n) is 16.8. The van der Waals surface area contributed by atoms with Gasteiger partial charge < -0.3 is 14.8 Å². The van der Waals surface area contributed by atoms with Crippen LogP contribution in [0.15, 0.2) is 42.5 Å². The second-order valence-electron chi connectivity index (χ2n) is 7.22. The van der Waals surface area contributed by atoms with E-state index in [9.17, 15) is 4.79 Å². The number of methoxy groups -OCH3 is 2. The molecule has 7 nitrogen and oxygen atoms in total. The molecule has 3 N–H and O–H groups in total. The van der Waals surface area contributed by atoms with E-state index in [1.807, 2.05) is 18.2 Å². The van der Waals surface area contributed by atoms with Gasteiger partial charge in [0.25, 0.3) is 0 Å². The van der Waals surface area contributed by atoms with Crippen molar-refractivity contribution >= 4 is 17.8 Å². The number of urea groups is 1. The van der Waals surface area contributed by atoms with E-state index < -0.39 is 0 Å². The Hall–Kier alpha value is -2.42. The van der Waals surface area contributed by atoms with Crippen LogP contribution in [0.5, 0.6) is 11.5 Å². The number of fused-ring (bicyclic) bond motifs is 1. The molecular weight excluding hydrogens is 388 g/mol. The number of benzene rings is 2. The maximum atomic E-state index is 12.6. The largest absolute Gasteiger partial charge is 0.497 e. The van der Waals surface area contributed by atoms with Crippen molar-refractivity contribution in [3.63, 3.8) is 0 Å². The third-order valence-corrected chi connectivity index (χ3v) is 6.36. The zero-order valence-corrected chi connectivity index (χ0v) is 17.6. The first-order valence-corrected chi connectivity index (χ1v) is 10.6. The van der Waals surface area contributed by atoms with E-state index in [4.69, 9.17) is 9.47 Å². The van der Waals surface area contributed by atoms with E-state index in [1.165, 1.54) is 11.1 Å². The van der Waals surface area contributed by atoms with Gasteiger partial charge in [-0.1, -0.05) is 29.8 Å². The third-order valence-electron chi connectivity index (χ3n) is 5.27. The van der Waals surface area contributed by atoms with Gasteiger partial charge in [0.05, 0.1) is 14.2 Å². The number of aryl methyl sites for hydroxylation is 1. The number of hydrogen-bond donors (Lipinski definition) is 3. The standard InChI is InChI=1S/C21H26N4O3S/c1-13-4-6-15(7-5-13)18-11-22-25-19(18)23-20(24-21(25)26)29-12-14-8-16(27-2)10-17(9-14)28-3/h4-10,18-20,22-23H,11-12H2,1-3H3,(H,24,26). The van der Waals surface area contributed by atoms with Crippen LogP contribution < -0.4 is 25.5 Å². The number of thioether (sulfide) groups is 1. The van der Waals surface area contributed by atoms with Crippen LogP contribution in [0.2, 0.25) is 0 Å². The van der Waals surface area contributed by atoms with Gasteiger partial charge in [0.2, 0.25) is 0 Å². The highest BCUT2D eigenvalue weighted by atomic mass is 32.2. The molecule has 0 saturated carbocycles. The van der Waals surface area contributed by atoms with Crippen LogP contribution in [-0.2, 0) is 5.75 Å². The van der Waals surface area contributed by atoms with Gasteiger partial charge >= 0.3 is 6.03 Å². The molecule has 3 atom stereocenters. The highest BCUT2D eigenvalue weighted by Crippen LogP contribution is 2.31. The Bertz CT molecular complexity index is 854. The summed E-state index contributed by atoms with van der Waals surface area (Å²) in [5.41, 5.74) is 6.55. The molecule has 29 heavy (non-hydrogen) atoms. The van der Waals surface area contributed by atoms with Crippen LogP contribution in [0.3, 0.4) is 0 Å². The first-order chi connectivity index (χ1) is 14.1. The maximum Gasteiger partial charge on any atom is 0.335 e. The molecule has 2 aliphatic heterocycles. The van der Waals surface area contributed by atoms with Crippen LogP contribution in [0.25, 0.3) is 0 Å². The highest BCUT2D eigenvalue weighted by Gasteiger charge is 2.43. The summed E-state index contributed by atoms with van der Waals surface area (Å²) >= 11 is 1.63. The molecule has 2 heterocycles. The Morgan fingerprint density at radius 1 is 1.10 bits per heavy atom. The Labute approximate surface area is 175 Å². The maximum absolute atomic E-state index is 12.6. The number of carbonyl (C=O) groups is 1. The van der Waals surface area contributed by atoms with Gasteiger partial charge in [-0.15, -0.1) is 11.8 Å². The number of hydrazine groups is 1. The molecule has 2 aromatic carbocycles. The summed E-state index contributed by atoms with van der Waals surface area (Å²) in [4.78, 5) is 12.6. The molecule has 2 fully saturated rings. The van der Waals surface area contributed by atoms with Crippen molar-refractivity contribution in [2.75, 3.05) is 20.8 Å². The van der Waals surface area contributed by atoms with Gasteiger partial charge in [-0.25, -0.2) is 15.2 Å². The molecule has 0 radical (unpaired) electrons. The van der Waals surface area contributed by atoms with Crippen LogP contribution in [0.1, 0.15) is 22.6 Å². The SMILES string of the molecule is COc1cc(CSC2NC(=O)N3NCC(c4ccc(C)cc4)C3N2)cc(OC)c1. The number of nitrogens with one attached hydrogen (secondary N) is 3. The number of hydrogen-bond acceptors (Lipinski definition) is 6. The molecule has 2 amide bonds. The summed E-state index contributed by atoms with van der Waals surface area (Å²) in [5, 5.41) is 8.24. The summed E-state index contributed by atoms with van der Waals surface area (Å²) in [5.74, 6) is 2.42. The summed E-state index contributed by atoms with van der Waals surface area (Å²) in [6.45, 7) is 2.80. The molecule has 8 heteroatoms. The molecule has 4 rings (SSSR count). The summed E-state index contributed by atoms with van der Waals surface area (Å²) in [7, 11) is 3.28. The van der Waals surface area contributed by atoms with Crippen molar-refractivity contribution in [3.05, 3.63) is 59.2 Å². The zero-order chi connectivity index (χ0) is 20.4. The van der Waals surface area contributed by atoms with E-state index in [-0.39, 0.29) is 23.6 Å². The number of ether oxygens (including phenoxy) is 2. The molecule has 2 aromatic rings. The number of amides is 2. The summed E-state index contributed by atoms with van der Waals surface area (Å²) in [6.07, 6.45) is -0.0937. The molecule has 0 aliphatic carbocycles. The molecular formula is C21H26N4O3S. The van der Waals surface area contributed by atoms with E-state index >= 15 is 0 Å². The lowest BCUT2D eigenvalue weighted by Crippen LogP contribution is -2.65. The fraction of sp³-hybridized carbons (Fsp3) is 0.381. The topological polar surface area (TPSA) is 74.9 Å². The number of carbonyl (C=O) groups excluding carboxylic acids is 1. The molecule has 154 valence electrons. The Kier molecular flexibility index (Phi) is 5.84. The fourth-order valence-corrected chi connectivity index (χ4v) is 4.63. The van der Waals surface area contributed by atoms with E-state index in [0.29, 0.717) is 5.75 Å². The van der Waals surface area contributed by atoms with E-state index in [1.54, 1.807) is 31.0 Å². The molecule has 0 spiro atoms. The van der Waals surface area contributed by atoms with Crippen molar-refractivity contribution in [2.24, 2.45) is 0 Å². The minimum atomic E-state index is -0.186. The summed E-state index contributed by atoms with van der Waals surface area (Å²) in [6, 6.07) is 14.2. The average molecular weight is 415 g/mol. The molecule has 0 bridgehead atoms. The van der Waals surface area contributed by atoms with Crippen molar-refractivity contribution in [2.45, 2.75) is 30.3 Å². The average Bonchev–Trinajstić information content (AvgIpc) is 3.17. The van der Waals surface area contributed by atoms with E-state index in [0.717, 1.165) is 23.6 Å². The van der Waals surface area contributed by atoms with Gasteiger partial charge in [0, 0.05) is 24.3 Å². The van der Waals surface area contributed by atoms with Crippen molar-refractivity contribution < 1.29 is 14.3 Å². The fourth-order valence-electron chi connectivity index (χ4n) is 3.69. The predicted octanol–water partition coefficient (Wildman–Crippen LogP) is 2.77. The molecule has 2 aliphatic rings. The van der Waals surface area contributed by atoms with Gasteiger partial charge in [-0.3, -0.25) is 5.32 Å². The quantitative estimate of drug-likeness (QED) is 0.675. The first kappa shape index (κ1) is 19.9. The lowest BCUT2D eigenvalue weighted by molar-refractivity contribution is 0.128. The number of rotatable bonds is 6. The van der Waals surface area contributed by atoms with Crippen molar-refractivity contribution in [1.29, 1.82) is 0 Å². The first-order valence-electron chi connectivity index (χ1n) is 9.57. The van der Waals surface area contributed by atoms with Gasteiger partial charge in [-0.05, 0) is 30.2 Å². The second-order valence-corrected chi connectivity index (χ2v) is 8.32. The smallest absolute Gasteiger partial charge is 0.335 e. The highest BCUT2D eigenvalue weighted by molar-refractivity contribution is 7.99. The summed E-state index contributed by atoms with van der Waals surface area (Å²) < 4.78 is 10.7. The molecule has 0 aromatic heterocycles. The second kappa shape index (κ2) is 8.52. The third kappa shape index (κ3) is 4.29. The van der Waals surface area contributed by atoms with Crippen LogP contribution >= 0.6 is 11.8 Å². The van der Waals surface area contributed by atoms with E-state index in [2.05, 4.69) is 47.2 Å². The number of nitrogens with zero attached hydrogens (tertiary/aromatic N) is 1. The minimum absolute atomic E-state index is 0.0937. The normalized spacial score (nSPS) is 23.5. The minimum Gasteiger partial charge on any atom is -0.497 e. The van der Waals surface area contributed by atoms with Crippen LogP contribution in [-0.4, -0.2) is 43.5 Å². The lowest BCUT2D eigenvalue weighted by atomic mass is 9.96. The van der Waals surface area contributed by atoms with Crippen LogP contribution in [0, 0.1) is 6.92 Å². The molecule has 2 saturated heterocycles. The van der Waals surface area contributed by atoms with Crippen LogP contribution in [0.4, 0.5) is 4.79 Å².